The van der Waals surface area contributed by atoms with Gasteiger partial charge in [0, 0.05) is 12.6 Å². The Balaban J connectivity index is 1.78. The molecule has 2 aromatic rings. The number of hydrogen-bond acceptors (Lipinski definition) is 3. The van der Waals surface area contributed by atoms with E-state index in [0.29, 0.717) is 23.7 Å². The molecule has 0 radical (unpaired) electrons. The fourth-order valence-corrected chi connectivity index (χ4v) is 4.23. The van der Waals surface area contributed by atoms with Crippen LogP contribution in [0.5, 0.6) is 5.75 Å². The van der Waals surface area contributed by atoms with Crippen LogP contribution in [0.25, 0.3) is 0 Å². The molecule has 2 amide bonds. The Morgan fingerprint density at radius 2 is 1.81 bits per heavy atom. The van der Waals surface area contributed by atoms with Crippen LogP contribution in [0.1, 0.15) is 50.2 Å². The van der Waals surface area contributed by atoms with Gasteiger partial charge in [0.05, 0.1) is 5.02 Å². The average Bonchev–Trinajstić information content (AvgIpc) is 3.27. The van der Waals surface area contributed by atoms with E-state index < -0.39 is 6.04 Å². The summed E-state index contributed by atoms with van der Waals surface area (Å²) in [6.07, 6.45) is 4.81. The van der Waals surface area contributed by atoms with Crippen LogP contribution >= 0.6 is 11.6 Å². The standard InChI is InChI=1S/C25H31ClN2O3/c1-3-22(25(30)27-20-12-6-7-13-20)28(16-19-11-5-4-10-18(19)2)24(29)17-31-23-15-9-8-14-21(23)26/h4-5,8-11,14-15,20,22H,3,6-7,12-13,16-17H2,1-2H3,(H,27,30)/t22-/m0/s1. The minimum absolute atomic E-state index is 0.0888. The van der Waals surface area contributed by atoms with Crippen molar-refractivity contribution in [3.8, 4) is 5.75 Å². The molecule has 1 fully saturated rings. The number of nitrogens with zero attached hydrogens (tertiary/aromatic N) is 1. The predicted molar refractivity (Wildman–Crippen MR) is 123 cm³/mol. The van der Waals surface area contributed by atoms with Gasteiger partial charge in [0.25, 0.3) is 5.91 Å². The van der Waals surface area contributed by atoms with Crippen LogP contribution in [-0.2, 0) is 16.1 Å². The fourth-order valence-electron chi connectivity index (χ4n) is 4.04. The zero-order chi connectivity index (χ0) is 22.2. The molecule has 0 saturated heterocycles. The molecule has 1 aliphatic rings. The van der Waals surface area contributed by atoms with E-state index in [-0.39, 0.29) is 24.5 Å². The van der Waals surface area contributed by atoms with Crippen molar-refractivity contribution in [2.45, 2.75) is 64.6 Å². The highest BCUT2D eigenvalue weighted by Gasteiger charge is 2.31. The minimum Gasteiger partial charge on any atom is -0.482 e. The number of benzene rings is 2. The van der Waals surface area contributed by atoms with Crippen LogP contribution in [0.3, 0.4) is 0 Å². The summed E-state index contributed by atoms with van der Waals surface area (Å²) in [6.45, 7) is 4.13. The zero-order valence-electron chi connectivity index (χ0n) is 18.3. The number of carbonyl (C=O) groups is 2. The first-order valence-corrected chi connectivity index (χ1v) is 11.4. The minimum atomic E-state index is -0.553. The van der Waals surface area contributed by atoms with Gasteiger partial charge in [0.2, 0.25) is 5.91 Å². The van der Waals surface area contributed by atoms with Gasteiger partial charge in [-0.2, -0.15) is 0 Å². The molecule has 0 unspecified atom stereocenters. The maximum atomic E-state index is 13.3. The lowest BCUT2D eigenvalue weighted by Gasteiger charge is -2.32. The molecule has 1 atom stereocenters. The second-order valence-corrected chi connectivity index (χ2v) is 8.49. The molecule has 6 heteroatoms. The molecule has 1 N–H and O–H groups in total. The van der Waals surface area contributed by atoms with Crippen LogP contribution < -0.4 is 10.1 Å². The van der Waals surface area contributed by atoms with Crippen LogP contribution in [0.4, 0.5) is 0 Å². The monoisotopic (exact) mass is 442 g/mol. The summed E-state index contributed by atoms with van der Waals surface area (Å²) < 4.78 is 5.70. The van der Waals surface area contributed by atoms with Crippen molar-refractivity contribution in [1.29, 1.82) is 0 Å². The summed E-state index contributed by atoms with van der Waals surface area (Å²) >= 11 is 6.16. The average molecular weight is 443 g/mol. The number of carbonyl (C=O) groups excluding carboxylic acids is 2. The smallest absolute Gasteiger partial charge is 0.261 e. The van der Waals surface area contributed by atoms with Gasteiger partial charge in [-0.05, 0) is 49.4 Å². The van der Waals surface area contributed by atoms with E-state index in [4.69, 9.17) is 16.3 Å². The van der Waals surface area contributed by atoms with Crippen LogP contribution in [-0.4, -0.2) is 35.4 Å². The normalized spacial score (nSPS) is 14.8. The number of hydrogen-bond donors (Lipinski definition) is 1. The maximum Gasteiger partial charge on any atom is 0.261 e. The Hall–Kier alpha value is -2.53. The Morgan fingerprint density at radius 1 is 1.13 bits per heavy atom. The van der Waals surface area contributed by atoms with Crippen molar-refractivity contribution < 1.29 is 14.3 Å². The molecule has 1 aliphatic carbocycles. The van der Waals surface area contributed by atoms with E-state index in [1.807, 2.05) is 44.2 Å². The lowest BCUT2D eigenvalue weighted by Crippen LogP contribution is -2.52. The number of rotatable bonds is 9. The second kappa shape index (κ2) is 11.2. The van der Waals surface area contributed by atoms with Crippen LogP contribution in [0.15, 0.2) is 48.5 Å². The highest BCUT2D eigenvalue weighted by molar-refractivity contribution is 6.32. The van der Waals surface area contributed by atoms with Gasteiger partial charge in [-0.15, -0.1) is 0 Å². The summed E-state index contributed by atoms with van der Waals surface area (Å²) in [5.74, 6) is 0.127. The van der Waals surface area contributed by atoms with E-state index in [9.17, 15) is 9.59 Å². The van der Waals surface area contributed by atoms with Crippen molar-refractivity contribution >= 4 is 23.4 Å². The molecule has 31 heavy (non-hydrogen) atoms. The van der Waals surface area contributed by atoms with Gasteiger partial charge < -0.3 is 15.0 Å². The molecular weight excluding hydrogens is 412 g/mol. The maximum absolute atomic E-state index is 13.3. The SMILES string of the molecule is CC[C@@H](C(=O)NC1CCCC1)N(Cc1ccccc1C)C(=O)COc1ccccc1Cl. The molecule has 0 aliphatic heterocycles. The van der Waals surface area contributed by atoms with Crippen molar-refractivity contribution in [2.24, 2.45) is 0 Å². The molecule has 0 bridgehead atoms. The molecule has 3 rings (SSSR count). The lowest BCUT2D eigenvalue weighted by atomic mass is 10.1. The molecular formula is C25H31ClN2O3. The van der Waals surface area contributed by atoms with Gasteiger partial charge in [-0.25, -0.2) is 0 Å². The Morgan fingerprint density at radius 3 is 2.48 bits per heavy atom. The van der Waals surface area contributed by atoms with Crippen molar-refractivity contribution in [2.75, 3.05) is 6.61 Å². The Labute approximate surface area is 189 Å². The molecule has 166 valence electrons. The number of ether oxygens (including phenoxy) is 1. The van der Waals surface area contributed by atoms with Crippen LogP contribution in [0.2, 0.25) is 5.02 Å². The first kappa shape index (κ1) is 23.1. The number of aryl methyl sites for hydroxylation is 1. The number of amides is 2. The van der Waals surface area contributed by atoms with Gasteiger partial charge in [0.15, 0.2) is 6.61 Å². The molecule has 2 aromatic carbocycles. The predicted octanol–water partition coefficient (Wildman–Crippen LogP) is 4.89. The Kier molecular flexibility index (Phi) is 8.35. The van der Waals surface area contributed by atoms with Gasteiger partial charge >= 0.3 is 0 Å². The summed E-state index contributed by atoms with van der Waals surface area (Å²) in [4.78, 5) is 28.0. The van der Waals surface area contributed by atoms with E-state index in [1.54, 1.807) is 23.1 Å². The van der Waals surface area contributed by atoms with Crippen molar-refractivity contribution in [3.63, 3.8) is 0 Å². The van der Waals surface area contributed by atoms with Crippen molar-refractivity contribution in [3.05, 3.63) is 64.7 Å². The van der Waals surface area contributed by atoms with E-state index in [1.165, 1.54) is 0 Å². The zero-order valence-corrected chi connectivity index (χ0v) is 19.0. The summed E-state index contributed by atoms with van der Waals surface area (Å²) in [5.41, 5.74) is 2.10. The first-order chi connectivity index (χ1) is 15.0. The number of halogens is 1. The highest BCUT2D eigenvalue weighted by Crippen LogP contribution is 2.24. The van der Waals surface area contributed by atoms with Crippen LogP contribution in [0, 0.1) is 6.92 Å². The summed E-state index contributed by atoms with van der Waals surface area (Å²) in [6, 6.07) is 14.6. The van der Waals surface area contributed by atoms with Gasteiger partial charge in [-0.1, -0.05) is 67.8 Å². The third-order valence-corrected chi connectivity index (χ3v) is 6.19. The van der Waals surface area contributed by atoms with Gasteiger partial charge in [-0.3, -0.25) is 9.59 Å². The first-order valence-electron chi connectivity index (χ1n) is 11.0. The van der Waals surface area contributed by atoms with E-state index in [2.05, 4.69) is 5.32 Å². The topological polar surface area (TPSA) is 58.6 Å². The quantitative estimate of drug-likeness (QED) is 0.601. The van der Waals surface area contributed by atoms with Gasteiger partial charge in [0.1, 0.15) is 11.8 Å². The number of para-hydroxylation sites is 1. The molecule has 0 spiro atoms. The molecule has 0 aromatic heterocycles. The van der Waals surface area contributed by atoms with Crippen molar-refractivity contribution in [1.82, 2.24) is 10.2 Å². The number of nitrogens with one attached hydrogen (secondary N) is 1. The Bertz CT molecular complexity index is 896. The second-order valence-electron chi connectivity index (χ2n) is 8.08. The lowest BCUT2D eigenvalue weighted by molar-refractivity contribution is -0.143. The molecule has 1 saturated carbocycles. The third-order valence-electron chi connectivity index (χ3n) is 5.88. The highest BCUT2D eigenvalue weighted by atomic mass is 35.5. The summed E-state index contributed by atoms with van der Waals surface area (Å²) in [5, 5.41) is 3.60. The third kappa shape index (κ3) is 6.23. The van der Waals surface area contributed by atoms with E-state index >= 15 is 0 Å². The summed E-state index contributed by atoms with van der Waals surface area (Å²) in [7, 11) is 0. The largest absolute Gasteiger partial charge is 0.482 e. The van der Waals surface area contributed by atoms with E-state index in [0.717, 1.165) is 36.8 Å². The molecule has 5 nitrogen and oxygen atoms in total. The fraction of sp³-hybridized carbons (Fsp3) is 0.440. The molecule has 0 heterocycles.